The van der Waals surface area contributed by atoms with Crippen molar-refractivity contribution in [3.05, 3.63) is 82.5 Å². The minimum Gasteiger partial charge on any atom is -0.397 e. The van der Waals surface area contributed by atoms with Gasteiger partial charge in [-0.1, -0.05) is 47.1 Å². The number of benzene rings is 2. The van der Waals surface area contributed by atoms with Crippen molar-refractivity contribution >= 4 is 40.2 Å². The number of nitrogen functional groups attached to an aromatic ring is 1. The lowest BCUT2D eigenvalue weighted by Gasteiger charge is -2.09. The van der Waals surface area contributed by atoms with Crippen molar-refractivity contribution in [3.63, 3.8) is 0 Å². The second-order valence-corrected chi connectivity index (χ2v) is 8.50. The highest BCUT2D eigenvalue weighted by Crippen LogP contribution is 2.30. The Labute approximate surface area is 189 Å². The van der Waals surface area contributed by atoms with Crippen molar-refractivity contribution in [2.24, 2.45) is 0 Å². The summed E-state index contributed by atoms with van der Waals surface area (Å²) in [5.74, 6) is -0.111. The Bertz CT molecular complexity index is 1170. The number of hydrogen-bond donors (Lipinski definition) is 2. The summed E-state index contributed by atoms with van der Waals surface area (Å²) in [5.41, 5.74) is 10.1. The quantitative estimate of drug-likeness (QED) is 0.367. The van der Waals surface area contributed by atoms with Gasteiger partial charge in [-0.3, -0.25) is 9.48 Å². The number of anilines is 2. The molecule has 0 aliphatic rings. The summed E-state index contributed by atoms with van der Waals surface area (Å²) in [6, 6.07) is 17.5. The maximum atomic E-state index is 12.5. The Balaban J connectivity index is 1.30. The molecule has 0 bridgehead atoms. The highest BCUT2D eigenvalue weighted by atomic mass is 35.5. The molecule has 158 valence electrons. The van der Waals surface area contributed by atoms with E-state index in [1.54, 1.807) is 16.0 Å². The van der Waals surface area contributed by atoms with Crippen LogP contribution < -0.4 is 11.1 Å². The number of rotatable bonds is 8. The first-order valence-electron chi connectivity index (χ1n) is 9.94. The Morgan fingerprint density at radius 3 is 2.81 bits per heavy atom. The summed E-state index contributed by atoms with van der Waals surface area (Å²) in [4.78, 5) is 13.6. The zero-order valence-corrected chi connectivity index (χ0v) is 18.4. The SMILES string of the molecule is Nc1ccc(-c2cccs2)cc1NC(=O)CCc1cn(CCc2ccccc2Cl)nn1. The smallest absolute Gasteiger partial charge is 0.224 e. The van der Waals surface area contributed by atoms with E-state index in [1.165, 1.54) is 0 Å². The van der Waals surface area contributed by atoms with Crippen LogP contribution in [0.25, 0.3) is 10.4 Å². The van der Waals surface area contributed by atoms with Crippen LogP contribution in [0, 0.1) is 0 Å². The topological polar surface area (TPSA) is 85.8 Å². The number of carbonyl (C=O) groups excluding carboxylic acids is 1. The zero-order chi connectivity index (χ0) is 21.6. The fraction of sp³-hybridized carbons (Fsp3) is 0.174. The van der Waals surface area contributed by atoms with Gasteiger partial charge in [-0.15, -0.1) is 16.4 Å². The van der Waals surface area contributed by atoms with E-state index in [4.69, 9.17) is 17.3 Å². The van der Waals surface area contributed by atoms with Gasteiger partial charge in [0.1, 0.15) is 0 Å². The third kappa shape index (κ3) is 5.51. The Morgan fingerprint density at radius 1 is 1.13 bits per heavy atom. The number of nitrogens with one attached hydrogen (secondary N) is 1. The van der Waals surface area contributed by atoms with Crippen LogP contribution in [0.5, 0.6) is 0 Å². The van der Waals surface area contributed by atoms with Gasteiger partial charge in [0.25, 0.3) is 0 Å². The predicted octanol–water partition coefficient (Wildman–Crippen LogP) is 5.06. The van der Waals surface area contributed by atoms with E-state index in [9.17, 15) is 4.79 Å². The highest BCUT2D eigenvalue weighted by Gasteiger charge is 2.10. The van der Waals surface area contributed by atoms with Crippen molar-refractivity contribution in [2.45, 2.75) is 25.8 Å². The van der Waals surface area contributed by atoms with Crippen LogP contribution in [0.1, 0.15) is 17.7 Å². The molecule has 0 saturated heterocycles. The Hall–Kier alpha value is -3.16. The van der Waals surface area contributed by atoms with E-state index >= 15 is 0 Å². The molecular weight excluding hydrogens is 430 g/mol. The molecule has 6 nitrogen and oxygen atoms in total. The van der Waals surface area contributed by atoms with Gasteiger partial charge in [-0.25, -0.2) is 0 Å². The number of thiophene rings is 1. The zero-order valence-electron chi connectivity index (χ0n) is 16.8. The molecule has 2 aromatic carbocycles. The van der Waals surface area contributed by atoms with Crippen LogP contribution in [0.2, 0.25) is 5.02 Å². The molecule has 4 rings (SSSR count). The first-order valence-corrected chi connectivity index (χ1v) is 11.2. The number of nitrogens with zero attached hydrogens (tertiary/aromatic N) is 3. The number of aromatic nitrogens is 3. The highest BCUT2D eigenvalue weighted by molar-refractivity contribution is 7.13. The maximum Gasteiger partial charge on any atom is 0.224 e. The van der Waals surface area contributed by atoms with Crippen LogP contribution in [0.4, 0.5) is 11.4 Å². The van der Waals surface area contributed by atoms with E-state index in [2.05, 4.69) is 15.6 Å². The van der Waals surface area contributed by atoms with Crippen molar-refractivity contribution < 1.29 is 4.79 Å². The average molecular weight is 452 g/mol. The van der Waals surface area contributed by atoms with Crippen LogP contribution in [-0.4, -0.2) is 20.9 Å². The molecule has 0 fully saturated rings. The van der Waals surface area contributed by atoms with E-state index in [0.29, 0.717) is 30.8 Å². The predicted molar refractivity (Wildman–Crippen MR) is 126 cm³/mol. The molecule has 2 heterocycles. The average Bonchev–Trinajstić information content (AvgIpc) is 3.46. The lowest BCUT2D eigenvalue weighted by molar-refractivity contribution is -0.116. The van der Waals surface area contributed by atoms with Crippen LogP contribution >= 0.6 is 22.9 Å². The summed E-state index contributed by atoms with van der Waals surface area (Å²) in [5, 5.41) is 14.0. The van der Waals surface area contributed by atoms with E-state index in [1.807, 2.05) is 66.2 Å². The minimum absolute atomic E-state index is 0.111. The van der Waals surface area contributed by atoms with Crippen molar-refractivity contribution in [1.82, 2.24) is 15.0 Å². The third-order valence-corrected chi connectivity index (χ3v) is 6.18. The number of nitrogens with two attached hydrogens (primary N) is 1. The third-order valence-electron chi connectivity index (χ3n) is 4.90. The number of aryl methyl sites for hydroxylation is 3. The number of amides is 1. The van der Waals surface area contributed by atoms with Gasteiger partial charge in [0, 0.05) is 35.5 Å². The molecular formula is C23H22ClN5OS. The molecule has 0 atom stereocenters. The second-order valence-electron chi connectivity index (χ2n) is 7.14. The monoisotopic (exact) mass is 451 g/mol. The lowest BCUT2D eigenvalue weighted by Crippen LogP contribution is -2.13. The molecule has 8 heteroatoms. The Morgan fingerprint density at radius 2 is 2.00 bits per heavy atom. The Kier molecular flexibility index (Phi) is 6.64. The molecule has 0 aliphatic carbocycles. The molecule has 0 spiro atoms. The lowest BCUT2D eigenvalue weighted by atomic mass is 10.1. The largest absolute Gasteiger partial charge is 0.397 e. The molecule has 1 amide bonds. The minimum atomic E-state index is -0.111. The van der Waals surface area contributed by atoms with Crippen molar-refractivity contribution in [3.8, 4) is 10.4 Å². The second kappa shape index (κ2) is 9.76. The van der Waals surface area contributed by atoms with Crippen LogP contribution in [0.15, 0.2) is 66.2 Å². The summed E-state index contributed by atoms with van der Waals surface area (Å²) in [7, 11) is 0. The molecule has 3 N–H and O–H groups in total. The molecule has 2 aromatic heterocycles. The number of hydrogen-bond acceptors (Lipinski definition) is 5. The van der Waals surface area contributed by atoms with Crippen molar-refractivity contribution in [1.29, 1.82) is 0 Å². The fourth-order valence-corrected chi connectivity index (χ4v) is 4.17. The summed E-state index contributed by atoms with van der Waals surface area (Å²) < 4.78 is 1.78. The van der Waals surface area contributed by atoms with Gasteiger partial charge in [-0.2, -0.15) is 0 Å². The molecule has 4 aromatic rings. The van der Waals surface area contributed by atoms with E-state index < -0.39 is 0 Å². The number of carbonyl (C=O) groups is 1. The summed E-state index contributed by atoms with van der Waals surface area (Å²) in [6.07, 6.45) is 3.44. The molecule has 31 heavy (non-hydrogen) atoms. The van der Waals surface area contributed by atoms with Gasteiger partial charge in [0.2, 0.25) is 5.91 Å². The first-order chi connectivity index (χ1) is 15.1. The van der Waals surface area contributed by atoms with Crippen LogP contribution in [-0.2, 0) is 24.2 Å². The van der Waals surface area contributed by atoms with Gasteiger partial charge in [0.15, 0.2) is 0 Å². The van der Waals surface area contributed by atoms with Crippen molar-refractivity contribution in [2.75, 3.05) is 11.1 Å². The number of halogens is 1. The summed E-state index contributed by atoms with van der Waals surface area (Å²) >= 11 is 7.84. The maximum absolute atomic E-state index is 12.5. The molecule has 0 radical (unpaired) electrons. The molecule has 0 aliphatic heterocycles. The molecule has 0 unspecified atom stereocenters. The van der Waals surface area contributed by atoms with Gasteiger partial charge < -0.3 is 11.1 Å². The van der Waals surface area contributed by atoms with E-state index in [-0.39, 0.29) is 5.91 Å². The van der Waals surface area contributed by atoms with Crippen LogP contribution in [0.3, 0.4) is 0 Å². The first kappa shape index (κ1) is 21.1. The fourth-order valence-electron chi connectivity index (χ4n) is 3.21. The standard InChI is InChI=1S/C23H22ClN5OS/c24-19-5-2-1-4-16(19)11-12-29-15-18(27-28-29)8-10-23(30)26-21-14-17(7-9-20(21)25)22-6-3-13-31-22/h1-7,9,13-15H,8,10-12,25H2,(H,26,30). The van der Waals surface area contributed by atoms with Gasteiger partial charge in [0.05, 0.1) is 17.1 Å². The summed E-state index contributed by atoms with van der Waals surface area (Å²) in [6.45, 7) is 0.676. The molecule has 0 saturated carbocycles. The van der Waals surface area contributed by atoms with Gasteiger partial charge in [-0.05, 0) is 47.2 Å². The normalized spacial score (nSPS) is 10.9. The van der Waals surface area contributed by atoms with E-state index in [0.717, 1.165) is 33.1 Å². The van der Waals surface area contributed by atoms with Gasteiger partial charge >= 0.3 is 0 Å².